The Morgan fingerprint density at radius 1 is 0.962 bits per heavy atom. The van der Waals surface area contributed by atoms with Gasteiger partial charge in [-0.25, -0.2) is 4.98 Å². The number of benzene rings is 2. The lowest BCUT2D eigenvalue weighted by Crippen LogP contribution is -2.52. The molecule has 0 unspecified atom stereocenters. The van der Waals surface area contributed by atoms with Gasteiger partial charge in [-0.3, -0.25) is 9.88 Å². The predicted octanol–water partition coefficient (Wildman–Crippen LogP) is 7.32. The maximum absolute atomic E-state index is 13.7. The lowest BCUT2D eigenvalue weighted by atomic mass is 9.99. The molecule has 3 aromatic heterocycles. The minimum absolute atomic E-state index is 0.419. The number of anilines is 5. The van der Waals surface area contributed by atoms with Gasteiger partial charge in [0.2, 0.25) is 5.95 Å². The molecule has 0 radical (unpaired) electrons. The number of piperazine rings is 1. The first-order valence-corrected chi connectivity index (χ1v) is 21.5. The molecule has 0 spiro atoms. The number of fused-ring (bicyclic) bond motifs is 1. The van der Waals surface area contributed by atoms with Gasteiger partial charge < -0.3 is 34.3 Å². The van der Waals surface area contributed by atoms with Crippen molar-refractivity contribution in [2.24, 2.45) is 7.05 Å². The van der Waals surface area contributed by atoms with Crippen LogP contribution in [0, 0.1) is 0 Å². The van der Waals surface area contributed by atoms with Crippen molar-refractivity contribution >= 4 is 68.2 Å². The van der Waals surface area contributed by atoms with E-state index in [-0.39, 0.29) is 0 Å². The van der Waals surface area contributed by atoms with E-state index in [1.165, 1.54) is 37.2 Å². The third-order valence-corrected chi connectivity index (χ3v) is 12.6. The molecule has 52 heavy (non-hydrogen) atoms. The van der Waals surface area contributed by atoms with Crippen LogP contribution in [0.15, 0.2) is 65.5 Å². The van der Waals surface area contributed by atoms with Gasteiger partial charge in [0, 0.05) is 93.6 Å². The zero-order valence-electron chi connectivity index (χ0n) is 31.0. The molecular formula is C39H49BrN9O2P. The van der Waals surface area contributed by atoms with E-state index in [2.05, 4.69) is 94.2 Å². The van der Waals surface area contributed by atoms with Crippen molar-refractivity contribution in [3.63, 3.8) is 0 Å². The number of pyridine rings is 1. The topological polar surface area (TPSA) is 104 Å². The molecular weight excluding hydrogens is 737 g/mol. The van der Waals surface area contributed by atoms with Gasteiger partial charge in [-0.1, -0.05) is 13.0 Å². The molecule has 5 aromatic rings. The fourth-order valence-electron chi connectivity index (χ4n) is 7.56. The van der Waals surface area contributed by atoms with E-state index in [9.17, 15) is 4.57 Å². The van der Waals surface area contributed by atoms with Gasteiger partial charge in [-0.15, -0.1) is 0 Å². The summed E-state index contributed by atoms with van der Waals surface area (Å²) in [5.41, 5.74) is 7.93. The Morgan fingerprint density at radius 3 is 2.44 bits per heavy atom. The largest absolute Gasteiger partial charge is 0.494 e. The summed E-state index contributed by atoms with van der Waals surface area (Å²) >= 11 is 3.64. The standard InChI is InChI=1S/C39H49BrN9O2P/c1-7-26-21-32(35(51-4)23-34(26)49-15-12-28(13-16-49)48-19-17-46(2)18-20-48)44-39-42-24-30(40)38(45-39)43-31-11-10-27(22-36(31)52(5,6)50)29-25-47(3)33-9-8-14-41-37(29)33/h8-11,14,21-25,28H,7,12-13,15-20H2,1-6H3,(H2,42,43,44,45). The Hall–Kier alpha value is -3.96. The fraction of sp³-hybridized carbons (Fsp3) is 0.410. The van der Waals surface area contributed by atoms with E-state index in [0.29, 0.717) is 22.3 Å². The Balaban J connectivity index is 1.12. The highest BCUT2D eigenvalue weighted by Gasteiger charge is 2.28. The Morgan fingerprint density at radius 2 is 1.73 bits per heavy atom. The first kappa shape index (κ1) is 36.4. The van der Waals surface area contributed by atoms with E-state index in [1.54, 1.807) is 32.8 Å². The second-order valence-corrected chi connectivity index (χ2v) is 18.4. The number of piperidine rings is 1. The maximum Gasteiger partial charge on any atom is 0.229 e. The average Bonchev–Trinajstić information content (AvgIpc) is 3.49. The lowest BCUT2D eigenvalue weighted by Gasteiger charge is -2.43. The summed E-state index contributed by atoms with van der Waals surface area (Å²) in [6, 6.07) is 15.0. The third kappa shape index (κ3) is 7.57. The van der Waals surface area contributed by atoms with Gasteiger partial charge in [0.25, 0.3) is 0 Å². The van der Waals surface area contributed by atoms with E-state index >= 15 is 0 Å². The number of aryl methyl sites for hydroxylation is 2. The average molecular weight is 787 g/mol. The van der Waals surface area contributed by atoms with Crippen LogP contribution in [0.4, 0.5) is 28.8 Å². The molecule has 0 saturated carbocycles. The highest BCUT2D eigenvalue weighted by Crippen LogP contribution is 2.42. The van der Waals surface area contributed by atoms with E-state index in [1.807, 2.05) is 31.3 Å². The summed E-state index contributed by atoms with van der Waals surface area (Å²) in [7, 11) is 3.22. The summed E-state index contributed by atoms with van der Waals surface area (Å²) in [6.07, 6.45) is 8.83. The van der Waals surface area contributed by atoms with Crippen LogP contribution in [-0.2, 0) is 18.0 Å². The minimum atomic E-state index is -2.71. The second-order valence-electron chi connectivity index (χ2n) is 14.3. The molecule has 0 bridgehead atoms. The number of nitrogens with zero attached hydrogens (tertiary/aromatic N) is 7. The molecule has 11 nitrogen and oxygen atoms in total. The number of hydrogen-bond donors (Lipinski definition) is 2. The second kappa shape index (κ2) is 15.2. The summed E-state index contributed by atoms with van der Waals surface area (Å²) in [5.74, 6) is 1.72. The molecule has 2 aliphatic rings. The van der Waals surface area contributed by atoms with Crippen molar-refractivity contribution in [1.29, 1.82) is 0 Å². The van der Waals surface area contributed by atoms with Crippen molar-refractivity contribution < 1.29 is 9.30 Å². The minimum Gasteiger partial charge on any atom is -0.494 e. The molecule has 13 heteroatoms. The summed E-state index contributed by atoms with van der Waals surface area (Å²) < 4.78 is 22.4. The van der Waals surface area contributed by atoms with Crippen LogP contribution >= 0.6 is 23.1 Å². The number of ether oxygens (including phenoxy) is 1. The number of methoxy groups -OCH3 is 1. The predicted molar refractivity (Wildman–Crippen MR) is 218 cm³/mol. The number of rotatable bonds is 10. The van der Waals surface area contributed by atoms with Crippen LogP contribution in [0.25, 0.3) is 22.2 Å². The van der Waals surface area contributed by atoms with Crippen molar-refractivity contribution in [2.45, 2.75) is 32.2 Å². The van der Waals surface area contributed by atoms with Gasteiger partial charge in [0.05, 0.1) is 34.0 Å². The molecule has 0 aliphatic carbocycles. The smallest absolute Gasteiger partial charge is 0.229 e. The quantitative estimate of drug-likeness (QED) is 0.140. The lowest BCUT2D eigenvalue weighted by molar-refractivity contribution is 0.0982. The Labute approximate surface area is 315 Å². The molecule has 2 fully saturated rings. The van der Waals surface area contributed by atoms with Crippen LogP contribution in [0.5, 0.6) is 5.75 Å². The van der Waals surface area contributed by atoms with Crippen molar-refractivity contribution in [2.75, 3.05) is 82.3 Å². The normalized spacial score (nSPS) is 16.4. The number of aromatic nitrogens is 4. The van der Waals surface area contributed by atoms with Crippen molar-refractivity contribution in [3.8, 4) is 16.9 Å². The molecule has 7 rings (SSSR count). The molecule has 0 amide bonds. The Kier molecular flexibility index (Phi) is 10.6. The van der Waals surface area contributed by atoms with Crippen molar-refractivity contribution in [3.05, 3.63) is 71.1 Å². The van der Waals surface area contributed by atoms with Crippen LogP contribution < -0.4 is 25.6 Å². The third-order valence-electron chi connectivity index (χ3n) is 10.5. The first-order valence-electron chi connectivity index (χ1n) is 18.1. The van der Waals surface area contributed by atoms with Crippen LogP contribution in [0.3, 0.4) is 0 Å². The monoisotopic (exact) mass is 785 g/mol. The fourth-order valence-corrected chi connectivity index (χ4v) is 9.01. The maximum atomic E-state index is 13.7. The summed E-state index contributed by atoms with van der Waals surface area (Å²) in [4.78, 5) is 21.7. The molecule has 0 atom stereocenters. The van der Waals surface area contributed by atoms with Crippen LogP contribution in [0.2, 0.25) is 0 Å². The van der Waals surface area contributed by atoms with Gasteiger partial charge in [0.1, 0.15) is 18.7 Å². The molecule has 2 aliphatic heterocycles. The van der Waals surface area contributed by atoms with E-state index in [0.717, 1.165) is 77.2 Å². The SMILES string of the molecule is CCc1cc(Nc2ncc(Br)c(Nc3ccc(-c4cn(C)c5cccnc45)cc3P(C)(C)=O)n2)c(OC)cc1N1CCC(N2CCN(C)CC2)CC1. The first-order chi connectivity index (χ1) is 25.0. The van der Waals surface area contributed by atoms with Crippen LogP contribution in [0.1, 0.15) is 25.3 Å². The summed E-state index contributed by atoms with van der Waals surface area (Å²) in [6.45, 7) is 12.5. The van der Waals surface area contributed by atoms with Crippen molar-refractivity contribution in [1.82, 2.24) is 29.3 Å². The van der Waals surface area contributed by atoms with Gasteiger partial charge >= 0.3 is 0 Å². The summed E-state index contributed by atoms with van der Waals surface area (Å²) in [5, 5.41) is 7.61. The number of likely N-dealkylation sites (N-methyl/N-ethyl adjacent to an activating group) is 1. The molecule has 2 saturated heterocycles. The highest BCUT2D eigenvalue weighted by molar-refractivity contribution is 9.10. The molecule has 5 heterocycles. The van der Waals surface area contributed by atoms with Gasteiger partial charge in [0.15, 0.2) is 0 Å². The van der Waals surface area contributed by atoms with E-state index < -0.39 is 7.14 Å². The zero-order chi connectivity index (χ0) is 36.6. The molecule has 274 valence electrons. The van der Waals surface area contributed by atoms with Gasteiger partial charge in [-0.05, 0) is 97.0 Å². The number of halogens is 1. The van der Waals surface area contributed by atoms with Crippen LogP contribution in [-0.4, -0.2) is 102 Å². The number of hydrogen-bond acceptors (Lipinski definition) is 10. The van der Waals surface area contributed by atoms with E-state index in [4.69, 9.17) is 9.72 Å². The van der Waals surface area contributed by atoms with Gasteiger partial charge in [-0.2, -0.15) is 4.98 Å². The molecule has 2 N–H and O–H groups in total. The molecule has 2 aromatic carbocycles. The highest BCUT2D eigenvalue weighted by atomic mass is 79.9. The zero-order valence-corrected chi connectivity index (χ0v) is 33.5. The Bertz CT molecular complexity index is 2120. The number of nitrogens with one attached hydrogen (secondary N) is 2.